The molecule has 0 amide bonds. The summed E-state index contributed by atoms with van der Waals surface area (Å²) in [6.07, 6.45) is 0. The second kappa shape index (κ2) is 5.57. The molecule has 0 aliphatic heterocycles. The van der Waals surface area contributed by atoms with E-state index in [1.54, 1.807) is 13.2 Å². The molecule has 3 N–H and O–H groups in total. The number of ether oxygens (including phenoxy) is 1. The van der Waals surface area contributed by atoms with Gasteiger partial charge in [-0.3, -0.25) is 0 Å². The number of nitrogens with two attached hydrogens (primary N) is 1. The van der Waals surface area contributed by atoms with Crippen LogP contribution in [0.5, 0.6) is 0 Å². The Hall–Kier alpha value is -1.27. The minimum Gasteiger partial charge on any atom is -0.477 e. The Balaban J connectivity index is 2.76. The molecule has 1 heterocycles. The molecule has 0 saturated heterocycles. The number of aromatic nitrogens is 1. The molecular formula is C9H12N2O3S. The van der Waals surface area contributed by atoms with Crippen molar-refractivity contribution in [3.63, 3.8) is 0 Å². The highest BCUT2D eigenvalue weighted by molar-refractivity contribution is 7.99. The number of hydrogen-bond acceptors (Lipinski definition) is 5. The quantitative estimate of drug-likeness (QED) is 0.580. The lowest BCUT2D eigenvalue weighted by Crippen LogP contribution is -2.03. The molecule has 0 bridgehead atoms. The summed E-state index contributed by atoms with van der Waals surface area (Å²) >= 11 is 1.38. The number of methoxy groups -OCH3 is 1. The molecule has 0 saturated carbocycles. The highest BCUT2D eigenvalue weighted by atomic mass is 32.2. The maximum atomic E-state index is 10.7. The molecule has 5 nitrogen and oxygen atoms in total. The van der Waals surface area contributed by atoms with E-state index < -0.39 is 5.97 Å². The van der Waals surface area contributed by atoms with Crippen LogP contribution in [-0.4, -0.2) is 35.5 Å². The summed E-state index contributed by atoms with van der Waals surface area (Å²) in [5.74, 6) is -0.361. The largest absolute Gasteiger partial charge is 0.477 e. The maximum Gasteiger partial charge on any atom is 0.354 e. The number of carboxylic acid groups (broad SMARTS) is 1. The molecule has 15 heavy (non-hydrogen) atoms. The number of anilines is 1. The van der Waals surface area contributed by atoms with Gasteiger partial charge in [0, 0.05) is 12.9 Å². The minimum absolute atomic E-state index is 0.00381. The van der Waals surface area contributed by atoms with E-state index in [0.717, 1.165) is 0 Å². The van der Waals surface area contributed by atoms with Gasteiger partial charge >= 0.3 is 5.97 Å². The molecule has 0 spiro atoms. The first kappa shape index (κ1) is 11.8. The molecule has 1 aromatic heterocycles. The molecule has 0 fully saturated rings. The number of pyridine rings is 1. The number of thioether (sulfide) groups is 1. The van der Waals surface area contributed by atoms with E-state index in [0.29, 0.717) is 23.1 Å². The van der Waals surface area contributed by atoms with Gasteiger partial charge in [-0.25, -0.2) is 9.78 Å². The SMILES string of the molecule is COCCSc1nc(C(=O)O)ccc1N. The van der Waals surface area contributed by atoms with E-state index in [1.165, 1.54) is 17.8 Å². The summed E-state index contributed by atoms with van der Waals surface area (Å²) in [5.41, 5.74) is 6.15. The zero-order chi connectivity index (χ0) is 11.3. The summed E-state index contributed by atoms with van der Waals surface area (Å²) in [7, 11) is 1.60. The number of aromatic carboxylic acids is 1. The lowest BCUT2D eigenvalue weighted by molar-refractivity contribution is 0.0690. The number of carbonyl (C=O) groups is 1. The Morgan fingerprint density at radius 3 is 3.00 bits per heavy atom. The molecule has 0 atom stereocenters. The second-order valence-corrected chi connectivity index (χ2v) is 3.82. The fourth-order valence-electron chi connectivity index (χ4n) is 0.908. The van der Waals surface area contributed by atoms with Crippen molar-refractivity contribution in [3.8, 4) is 0 Å². The zero-order valence-electron chi connectivity index (χ0n) is 8.27. The summed E-state index contributed by atoms with van der Waals surface area (Å²) in [4.78, 5) is 14.6. The van der Waals surface area contributed by atoms with Gasteiger partial charge in [0.2, 0.25) is 0 Å². The third kappa shape index (κ3) is 3.41. The van der Waals surface area contributed by atoms with Crippen LogP contribution in [0.2, 0.25) is 0 Å². The first-order valence-electron chi connectivity index (χ1n) is 4.26. The van der Waals surface area contributed by atoms with E-state index >= 15 is 0 Å². The predicted octanol–water partition coefficient (Wildman–Crippen LogP) is 1.10. The molecule has 0 radical (unpaired) electrons. The van der Waals surface area contributed by atoms with Crippen molar-refractivity contribution in [2.75, 3.05) is 25.2 Å². The van der Waals surface area contributed by atoms with Crippen LogP contribution < -0.4 is 5.73 Å². The van der Waals surface area contributed by atoms with Gasteiger partial charge in [0.15, 0.2) is 0 Å². The molecule has 0 aliphatic carbocycles. The monoisotopic (exact) mass is 228 g/mol. The number of carboxylic acids is 1. The normalized spacial score (nSPS) is 10.2. The first-order valence-corrected chi connectivity index (χ1v) is 5.25. The van der Waals surface area contributed by atoms with Gasteiger partial charge in [0.1, 0.15) is 10.7 Å². The number of rotatable bonds is 5. The fourth-order valence-corrected chi connectivity index (χ4v) is 1.75. The van der Waals surface area contributed by atoms with Gasteiger partial charge < -0.3 is 15.6 Å². The highest BCUT2D eigenvalue weighted by Crippen LogP contribution is 2.22. The number of hydrogen-bond donors (Lipinski definition) is 2. The van der Waals surface area contributed by atoms with E-state index in [-0.39, 0.29) is 5.69 Å². The molecular weight excluding hydrogens is 216 g/mol. The first-order chi connectivity index (χ1) is 7.15. The predicted molar refractivity (Wildman–Crippen MR) is 58.2 cm³/mol. The fraction of sp³-hybridized carbons (Fsp3) is 0.333. The summed E-state index contributed by atoms with van der Waals surface area (Å²) in [6.45, 7) is 0.573. The molecule has 6 heteroatoms. The van der Waals surface area contributed by atoms with Crippen molar-refractivity contribution < 1.29 is 14.6 Å². The van der Waals surface area contributed by atoms with Gasteiger partial charge in [0.05, 0.1) is 12.3 Å². The van der Waals surface area contributed by atoms with Crippen LogP contribution in [-0.2, 0) is 4.74 Å². The summed E-state index contributed by atoms with van der Waals surface area (Å²) < 4.78 is 4.88. The van der Waals surface area contributed by atoms with Crippen LogP contribution in [0.1, 0.15) is 10.5 Å². The van der Waals surface area contributed by atoms with E-state index in [4.69, 9.17) is 15.6 Å². The third-order valence-corrected chi connectivity index (χ3v) is 2.61. The van der Waals surface area contributed by atoms with Crippen molar-refractivity contribution in [3.05, 3.63) is 17.8 Å². The van der Waals surface area contributed by atoms with Crippen molar-refractivity contribution in [1.29, 1.82) is 0 Å². The van der Waals surface area contributed by atoms with Crippen molar-refractivity contribution in [1.82, 2.24) is 4.98 Å². The van der Waals surface area contributed by atoms with Gasteiger partial charge in [-0.1, -0.05) is 0 Å². The van der Waals surface area contributed by atoms with Gasteiger partial charge in [-0.05, 0) is 12.1 Å². The average Bonchev–Trinajstić information content (AvgIpc) is 2.20. The molecule has 0 aliphatic rings. The van der Waals surface area contributed by atoms with E-state index in [1.807, 2.05) is 0 Å². The Bertz CT molecular complexity index is 357. The van der Waals surface area contributed by atoms with Crippen molar-refractivity contribution in [2.24, 2.45) is 0 Å². The summed E-state index contributed by atoms with van der Waals surface area (Å²) in [5, 5.41) is 9.27. The molecule has 1 rings (SSSR count). The summed E-state index contributed by atoms with van der Waals surface area (Å²) in [6, 6.07) is 2.93. The Labute approximate surface area is 91.6 Å². The maximum absolute atomic E-state index is 10.7. The smallest absolute Gasteiger partial charge is 0.354 e. The van der Waals surface area contributed by atoms with Gasteiger partial charge in [0.25, 0.3) is 0 Å². The Kier molecular flexibility index (Phi) is 4.38. The topological polar surface area (TPSA) is 85.4 Å². The van der Waals surface area contributed by atoms with Gasteiger partial charge in [-0.2, -0.15) is 0 Å². The Morgan fingerprint density at radius 2 is 2.40 bits per heavy atom. The minimum atomic E-state index is -1.05. The van der Waals surface area contributed by atoms with Gasteiger partial charge in [-0.15, -0.1) is 11.8 Å². The lowest BCUT2D eigenvalue weighted by Gasteiger charge is -2.04. The van der Waals surface area contributed by atoms with Crippen molar-refractivity contribution in [2.45, 2.75) is 5.03 Å². The van der Waals surface area contributed by atoms with Crippen LogP contribution >= 0.6 is 11.8 Å². The standard InChI is InChI=1S/C9H12N2O3S/c1-14-4-5-15-8-6(10)2-3-7(11-8)9(12)13/h2-3H,4-5,10H2,1H3,(H,12,13). The van der Waals surface area contributed by atoms with Crippen LogP contribution in [0.15, 0.2) is 17.2 Å². The molecule has 82 valence electrons. The van der Waals surface area contributed by atoms with Crippen LogP contribution in [0.4, 0.5) is 5.69 Å². The van der Waals surface area contributed by atoms with E-state index in [9.17, 15) is 4.79 Å². The number of nitrogens with zero attached hydrogens (tertiary/aromatic N) is 1. The third-order valence-electron chi connectivity index (χ3n) is 1.64. The zero-order valence-corrected chi connectivity index (χ0v) is 9.08. The van der Waals surface area contributed by atoms with Crippen LogP contribution in [0, 0.1) is 0 Å². The molecule has 1 aromatic rings. The van der Waals surface area contributed by atoms with Crippen molar-refractivity contribution >= 4 is 23.4 Å². The van der Waals surface area contributed by atoms with E-state index in [2.05, 4.69) is 4.98 Å². The average molecular weight is 228 g/mol. The lowest BCUT2D eigenvalue weighted by atomic mass is 10.3. The number of nitrogen functional groups attached to an aromatic ring is 1. The second-order valence-electron chi connectivity index (χ2n) is 2.74. The van der Waals surface area contributed by atoms with Crippen LogP contribution in [0.3, 0.4) is 0 Å². The molecule has 0 aromatic carbocycles. The Morgan fingerprint density at radius 1 is 1.67 bits per heavy atom. The highest BCUT2D eigenvalue weighted by Gasteiger charge is 2.08. The van der Waals surface area contributed by atoms with Crippen LogP contribution in [0.25, 0.3) is 0 Å². The molecule has 0 unspecified atom stereocenters.